The van der Waals surface area contributed by atoms with Crippen LogP contribution in [0.4, 0.5) is 4.79 Å². The van der Waals surface area contributed by atoms with Crippen molar-refractivity contribution in [2.75, 3.05) is 0 Å². The molecule has 1 amide bonds. The van der Waals surface area contributed by atoms with Crippen molar-refractivity contribution in [1.82, 2.24) is 5.32 Å². The molecule has 0 aliphatic heterocycles. The van der Waals surface area contributed by atoms with Crippen LogP contribution in [0.3, 0.4) is 0 Å². The third kappa shape index (κ3) is 4.20. The predicted molar refractivity (Wildman–Crippen MR) is 67.4 cm³/mol. The first kappa shape index (κ1) is 14.8. The van der Waals surface area contributed by atoms with E-state index in [0.29, 0.717) is 0 Å². The maximum absolute atomic E-state index is 11.7. The number of rotatable bonds is 4. The summed E-state index contributed by atoms with van der Waals surface area (Å²) in [5.74, 6) is -1.20. The number of carbonyl (C=O) groups excluding carboxylic acids is 1. The van der Waals surface area contributed by atoms with Crippen molar-refractivity contribution in [2.24, 2.45) is 5.92 Å². The maximum Gasteiger partial charge on any atom is 0.408 e. The van der Waals surface area contributed by atoms with Crippen molar-refractivity contribution in [1.29, 1.82) is 0 Å². The third-order valence-electron chi connectivity index (χ3n) is 3.46. The Labute approximate surface area is 108 Å². The summed E-state index contributed by atoms with van der Waals surface area (Å²) < 4.78 is 5.40. The van der Waals surface area contributed by atoms with Gasteiger partial charge in [-0.2, -0.15) is 0 Å². The second-order valence-electron chi connectivity index (χ2n) is 5.60. The van der Waals surface area contributed by atoms with Gasteiger partial charge < -0.3 is 15.2 Å². The van der Waals surface area contributed by atoms with Crippen molar-refractivity contribution in [3.05, 3.63) is 0 Å². The quantitative estimate of drug-likeness (QED) is 0.811. The zero-order valence-electron chi connectivity index (χ0n) is 11.4. The molecule has 1 saturated carbocycles. The standard InChI is InChI=1S/C13H23NO4/c1-9(2)10(11(15)16)14-12(17)18-13(3)7-5-4-6-8-13/h9-10H,4-8H2,1-3H3,(H,14,17)(H,15,16)/t10-/m0/s1. The number of aliphatic carboxylic acids is 1. The molecule has 0 bridgehead atoms. The number of carbonyl (C=O) groups is 2. The molecule has 0 aromatic carbocycles. The van der Waals surface area contributed by atoms with Gasteiger partial charge >= 0.3 is 12.1 Å². The van der Waals surface area contributed by atoms with Gasteiger partial charge in [0, 0.05) is 0 Å². The molecule has 0 saturated heterocycles. The fourth-order valence-corrected chi connectivity index (χ4v) is 2.30. The molecule has 0 aromatic rings. The van der Waals surface area contributed by atoms with Crippen molar-refractivity contribution in [3.8, 4) is 0 Å². The summed E-state index contributed by atoms with van der Waals surface area (Å²) >= 11 is 0. The molecule has 0 unspecified atom stereocenters. The topological polar surface area (TPSA) is 75.6 Å². The molecule has 0 aromatic heterocycles. The Hall–Kier alpha value is -1.26. The van der Waals surface area contributed by atoms with Gasteiger partial charge in [-0.25, -0.2) is 9.59 Å². The minimum Gasteiger partial charge on any atom is -0.480 e. The fraction of sp³-hybridized carbons (Fsp3) is 0.846. The SMILES string of the molecule is CC(C)[C@H](NC(=O)OC1(C)CCCCC1)C(=O)O. The molecule has 5 nitrogen and oxygen atoms in total. The Morgan fingerprint density at radius 2 is 1.78 bits per heavy atom. The fourth-order valence-electron chi connectivity index (χ4n) is 2.30. The summed E-state index contributed by atoms with van der Waals surface area (Å²) in [4.78, 5) is 22.7. The van der Waals surface area contributed by atoms with Gasteiger partial charge in [0.1, 0.15) is 11.6 Å². The second-order valence-corrected chi connectivity index (χ2v) is 5.60. The maximum atomic E-state index is 11.7. The number of hydrogen-bond donors (Lipinski definition) is 2. The van der Waals surface area contributed by atoms with E-state index in [-0.39, 0.29) is 5.92 Å². The highest BCUT2D eigenvalue weighted by molar-refractivity contribution is 5.80. The summed E-state index contributed by atoms with van der Waals surface area (Å²) in [6, 6.07) is -0.898. The van der Waals surface area contributed by atoms with E-state index in [9.17, 15) is 9.59 Å². The van der Waals surface area contributed by atoms with Crippen LogP contribution in [0.15, 0.2) is 0 Å². The van der Waals surface area contributed by atoms with Gasteiger partial charge in [0.15, 0.2) is 0 Å². The molecule has 2 N–H and O–H groups in total. The summed E-state index contributed by atoms with van der Waals surface area (Å²) in [5, 5.41) is 11.4. The Morgan fingerprint density at radius 1 is 1.22 bits per heavy atom. The lowest BCUT2D eigenvalue weighted by Gasteiger charge is -2.33. The number of carboxylic acid groups (broad SMARTS) is 1. The number of hydrogen-bond acceptors (Lipinski definition) is 3. The molecule has 0 heterocycles. The van der Waals surface area contributed by atoms with E-state index in [1.165, 1.54) is 6.42 Å². The predicted octanol–water partition coefficient (Wildman–Crippen LogP) is 2.54. The molecule has 1 rings (SSSR count). The van der Waals surface area contributed by atoms with Gasteiger partial charge in [-0.3, -0.25) is 0 Å². The van der Waals surface area contributed by atoms with Crippen molar-refractivity contribution >= 4 is 12.1 Å². The van der Waals surface area contributed by atoms with Crippen LogP contribution in [-0.2, 0) is 9.53 Å². The number of amides is 1. The Morgan fingerprint density at radius 3 is 2.22 bits per heavy atom. The summed E-state index contributed by atoms with van der Waals surface area (Å²) in [6.45, 7) is 5.42. The van der Waals surface area contributed by atoms with Gasteiger partial charge in [0.05, 0.1) is 0 Å². The third-order valence-corrected chi connectivity index (χ3v) is 3.46. The first-order chi connectivity index (χ1) is 8.34. The Bertz CT molecular complexity index is 308. The Kier molecular flexibility index (Phi) is 4.99. The van der Waals surface area contributed by atoms with Gasteiger partial charge in [0.25, 0.3) is 0 Å². The highest BCUT2D eigenvalue weighted by Crippen LogP contribution is 2.31. The molecule has 0 radical (unpaired) electrons. The van der Waals surface area contributed by atoms with Crippen LogP contribution in [-0.4, -0.2) is 28.8 Å². The van der Waals surface area contributed by atoms with Crippen LogP contribution in [0.5, 0.6) is 0 Å². The van der Waals surface area contributed by atoms with Gasteiger partial charge in [-0.1, -0.05) is 20.3 Å². The normalized spacial score (nSPS) is 20.2. The zero-order valence-corrected chi connectivity index (χ0v) is 11.4. The summed E-state index contributed by atoms with van der Waals surface area (Å²) in [6.07, 6.45) is 4.34. The molecule has 0 spiro atoms. The lowest BCUT2D eigenvalue weighted by molar-refractivity contribution is -0.140. The highest BCUT2D eigenvalue weighted by atomic mass is 16.6. The van der Waals surface area contributed by atoms with Crippen LogP contribution in [0.2, 0.25) is 0 Å². The number of alkyl carbamates (subject to hydrolysis) is 1. The lowest BCUT2D eigenvalue weighted by Crippen LogP contribution is -2.47. The second kappa shape index (κ2) is 6.07. The number of nitrogens with one attached hydrogen (secondary N) is 1. The molecule has 1 fully saturated rings. The molecular formula is C13H23NO4. The van der Waals surface area contributed by atoms with Gasteiger partial charge in [-0.15, -0.1) is 0 Å². The van der Waals surface area contributed by atoms with E-state index >= 15 is 0 Å². The van der Waals surface area contributed by atoms with E-state index in [4.69, 9.17) is 9.84 Å². The summed E-state index contributed by atoms with van der Waals surface area (Å²) in [7, 11) is 0. The minimum absolute atomic E-state index is 0.172. The largest absolute Gasteiger partial charge is 0.480 e. The molecule has 1 atom stereocenters. The molecule has 1 aliphatic rings. The van der Waals surface area contributed by atoms with Crippen LogP contribution in [0.1, 0.15) is 52.9 Å². The van der Waals surface area contributed by atoms with Crippen LogP contribution in [0, 0.1) is 5.92 Å². The van der Waals surface area contributed by atoms with Crippen molar-refractivity contribution in [2.45, 2.75) is 64.5 Å². The van der Waals surface area contributed by atoms with E-state index in [1.807, 2.05) is 6.92 Å². The van der Waals surface area contributed by atoms with Crippen molar-refractivity contribution in [3.63, 3.8) is 0 Å². The monoisotopic (exact) mass is 257 g/mol. The first-order valence-corrected chi connectivity index (χ1v) is 6.56. The van der Waals surface area contributed by atoms with E-state index < -0.39 is 23.7 Å². The van der Waals surface area contributed by atoms with Crippen molar-refractivity contribution < 1.29 is 19.4 Å². The first-order valence-electron chi connectivity index (χ1n) is 6.56. The number of carboxylic acids is 1. The smallest absolute Gasteiger partial charge is 0.408 e. The molecule has 1 aliphatic carbocycles. The van der Waals surface area contributed by atoms with Crippen LogP contribution < -0.4 is 5.32 Å². The zero-order chi connectivity index (χ0) is 13.8. The van der Waals surface area contributed by atoms with E-state index in [0.717, 1.165) is 25.7 Å². The average Bonchev–Trinajstić information content (AvgIpc) is 2.25. The van der Waals surface area contributed by atoms with Crippen LogP contribution in [0.25, 0.3) is 0 Å². The molecule has 5 heteroatoms. The lowest BCUT2D eigenvalue weighted by atomic mass is 9.86. The van der Waals surface area contributed by atoms with Crippen LogP contribution >= 0.6 is 0 Å². The van der Waals surface area contributed by atoms with E-state index in [2.05, 4.69) is 5.32 Å². The average molecular weight is 257 g/mol. The minimum atomic E-state index is -1.03. The highest BCUT2D eigenvalue weighted by Gasteiger charge is 2.32. The van der Waals surface area contributed by atoms with E-state index in [1.54, 1.807) is 13.8 Å². The van der Waals surface area contributed by atoms with Gasteiger partial charge in [0.2, 0.25) is 0 Å². The number of ether oxygens (including phenoxy) is 1. The summed E-state index contributed by atoms with van der Waals surface area (Å²) in [5.41, 5.74) is -0.442. The van der Waals surface area contributed by atoms with Gasteiger partial charge in [-0.05, 0) is 38.5 Å². The molecular weight excluding hydrogens is 234 g/mol. The molecule has 104 valence electrons. The molecule has 18 heavy (non-hydrogen) atoms. The Balaban J connectivity index is 2.52.